The Labute approximate surface area is 163 Å². The second-order valence-corrected chi connectivity index (χ2v) is 7.40. The Bertz CT molecular complexity index is 905. The Kier molecular flexibility index (Phi) is 5.15. The minimum absolute atomic E-state index is 0.0913. The maximum atomic E-state index is 14.1. The Balaban J connectivity index is 1.39. The molecule has 0 atom stereocenters. The molecule has 27 heavy (non-hydrogen) atoms. The smallest absolute Gasteiger partial charge is 0.165 e. The lowest BCUT2D eigenvalue weighted by Gasteiger charge is -2.16. The van der Waals surface area contributed by atoms with Crippen LogP contribution in [0.3, 0.4) is 0 Å². The molecule has 3 aromatic carbocycles. The number of benzene rings is 3. The average Bonchev–Trinajstić information content (AvgIpc) is 3.47. The molecule has 0 unspecified atom stereocenters. The van der Waals surface area contributed by atoms with Crippen LogP contribution in [0.15, 0.2) is 72.8 Å². The third-order valence-corrected chi connectivity index (χ3v) is 5.18. The van der Waals surface area contributed by atoms with Gasteiger partial charge < -0.3 is 9.47 Å². The van der Waals surface area contributed by atoms with E-state index in [4.69, 9.17) is 21.1 Å². The van der Waals surface area contributed by atoms with Crippen molar-refractivity contribution in [3.8, 4) is 11.5 Å². The van der Waals surface area contributed by atoms with E-state index >= 15 is 0 Å². The molecule has 0 spiro atoms. The molecule has 0 N–H and O–H groups in total. The fourth-order valence-electron chi connectivity index (χ4n) is 3.17. The summed E-state index contributed by atoms with van der Waals surface area (Å²) in [4.78, 5) is 0. The normalized spacial score (nSPS) is 14.7. The van der Waals surface area contributed by atoms with Crippen LogP contribution in [0.4, 0.5) is 4.39 Å². The van der Waals surface area contributed by atoms with Crippen LogP contribution >= 0.6 is 11.6 Å². The van der Waals surface area contributed by atoms with E-state index in [1.807, 2.05) is 30.3 Å². The van der Waals surface area contributed by atoms with E-state index in [1.54, 1.807) is 24.3 Å². The van der Waals surface area contributed by atoms with Crippen LogP contribution in [0, 0.1) is 5.82 Å². The van der Waals surface area contributed by atoms with Crippen LogP contribution in [-0.4, -0.2) is 6.61 Å². The van der Waals surface area contributed by atoms with Gasteiger partial charge in [0.2, 0.25) is 0 Å². The number of para-hydroxylation sites is 1. The molecule has 138 valence electrons. The van der Waals surface area contributed by atoms with Gasteiger partial charge in [0.15, 0.2) is 11.6 Å². The highest BCUT2D eigenvalue weighted by Gasteiger charge is 2.44. The Morgan fingerprint density at radius 1 is 0.926 bits per heavy atom. The van der Waals surface area contributed by atoms with Gasteiger partial charge in [-0.3, -0.25) is 0 Å². The van der Waals surface area contributed by atoms with Gasteiger partial charge in [-0.25, -0.2) is 4.39 Å². The van der Waals surface area contributed by atoms with Gasteiger partial charge in [0.1, 0.15) is 5.75 Å². The molecule has 0 amide bonds. The van der Waals surface area contributed by atoms with Crippen LogP contribution in [-0.2, 0) is 16.8 Å². The minimum Gasteiger partial charge on any atom is -0.454 e. The summed E-state index contributed by atoms with van der Waals surface area (Å²) >= 11 is 5.98. The molecule has 0 saturated heterocycles. The summed E-state index contributed by atoms with van der Waals surface area (Å²) in [5.41, 5.74) is 2.24. The van der Waals surface area contributed by atoms with E-state index in [9.17, 15) is 4.39 Å². The Morgan fingerprint density at radius 2 is 1.67 bits per heavy atom. The fourth-order valence-corrected chi connectivity index (χ4v) is 3.29. The number of ether oxygens (including phenoxy) is 2. The first-order valence-corrected chi connectivity index (χ1v) is 9.38. The van der Waals surface area contributed by atoms with Crippen molar-refractivity contribution >= 4 is 11.6 Å². The quantitative estimate of drug-likeness (QED) is 0.463. The highest BCUT2D eigenvalue weighted by Crippen LogP contribution is 2.48. The largest absolute Gasteiger partial charge is 0.454 e. The molecule has 0 aliphatic heterocycles. The predicted molar refractivity (Wildman–Crippen MR) is 105 cm³/mol. The van der Waals surface area contributed by atoms with Gasteiger partial charge in [0.05, 0.1) is 13.2 Å². The van der Waals surface area contributed by atoms with Gasteiger partial charge >= 0.3 is 0 Å². The van der Waals surface area contributed by atoms with Crippen LogP contribution in [0.25, 0.3) is 0 Å². The van der Waals surface area contributed by atoms with Gasteiger partial charge in [0.25, 0.3) is 0 Å². The number of halogens is 2. The third-order valence-electron chi connectivity index (χ3n) is 4.92. The van der Waals surface area contributed by atoms with Crippen molar-refractivity contribution < 1.29 is 13.9 Å². The zero-order chi connectivity index (χ0) is 18.7. The van der Waals surface area contributed by atoms with Crippen molar-refractivity contribution in [1.82, 2.24) is 0 Å². The molecule has 0 bridgehead atoms. The van der Waals surface area contributed by atoms with Gasteiger partial charge in [-0.1, -0.05) is 48.0 Å². The second kappa shape index (κ2) is 7.71. The first kappa shape index (κ1) is 18.0. The summed E-state index contributed by atoms with van der Waals surface area (Å²) in [7, 11) is 0. The van der Waals surface area contributed by atoms with E-state index < -0.39 is 0 Å². The molecule has 1 saturated carbocycles. The van der Waals surface area contributed by atoms with Crippen molar-refractivity contribution in [2.24, 2.45) is 0 Å². The molecule has 0 aromatic heterocycles. The maximum Gasteiger partial charge on any atom is 0.165 e. The van der Waals surface area contributed by atoms with Gasteiger partial charge in [-0.2, -0.15) is 0 Å². The molecule has 2 nitrogen and oxygen atoms in total. The highest BCUT2D eigenvalue weighted by atomic mass is 35.5. The van der Waals surface area contributed by atoms with Crippen molar-refractivity contribution in [1.29, 1.82) is 0 Å². The van der Waals surface area contributed by atoms with E-state index in [-0.39, 0.29) is 17.0 Å². The lowest BCUT2D eigenvalue weighted by atomic mass is 9.97. The first-order valence-electron chi connectivity index (χ1n) is 9.00. The van der Waals surface area contributed by atoms with Crippen LogP contribution < -0.4 is 4.74 Å². The highest BCUT2D eigenvalue weighted by molar-refractivity contribution is 6.30. The summed E-state index contributed by atoms with van der Waals surface area (Å²) in [6.07, 6.45) is 2.22. The topological polar surface area (TPSA) is 18.5 Å². The number of hydrogen-bond donors (Lipinski definition) is 0. The fraction of sp³-hybridized carbons (Fsp3) is 0.217. The third kappa shape index (κ3) is 4.32. The van der Waals surface area contributed by atoms with Crippen molar-refractivity contribution in [3.63, 3.8) is 0 Å². The molecule has 0 heterocycles. The van der Waals surface area contributed by atoms with E-state index in [2.05, 4.69) is 12.1 Å². The lowest BCUT2D eigenvalue weighted by Crippen LogP contribution is -2.15. The molecule has 1 aliphatic carbocycles. The zero-order valence-electron chi connectivity index (χ0n) is 14.8. The molecule has 3 aromatic rings. The summed E-state index contributed by atoms with van der Waals surface area (Å²) in [5.74, 6) is 0.428. The summed E-state index contributed by atoms with van der Waals surface area (Å²) in [5, 5.41) is 0.743. The summed E-state index contributed by atoms with van der Waals surface area (Å²) in [6, 6.07) is 22.0. The van der Waals surface area contributed by atoms with Crippen LogP contribution in [0.2, 0.25) is 5.02 Å². The van der Waals surface area contributed by atoms with Crippen LogP contribution in [0.1, 0.15) is 24.0 Å². The molecule has 1 aliphatic rings. The monoisotopic (exact) mass is 382 g/mol. The van der Waals surface area contributed by atoms with E-state index in [0.29, 0.717) is 19.0 Å². The zero-order valence-corrected chi connectivity index (χ0v) is 15.6. The maximum absolute atomic E-state index is 14.1. The molecule has 0 radical (unpaired) electrons. The van der Waals surface area contributed by atoms with Crippen molar-refractivity contribution in [3.05, 3.63) is 94.8 Å². The van der Waals surface area contributed by atoms with Crippen LogP contribution in [0.5, 0.6) is 11.5 Å². The molecular formula is C23H20ClFO2. The Morgan fingerprint density at radius 3 is 2.37 bits per heavy atom. The molecular weight excluding hydrogens is 363 g/mol. The van der Waals surface area contributed by atoms with Gasteiger partial charge in [-0.05, 0) is 60.4 Å². The van der Waals surface area contributed by atoms with Crippen molar-refractivity contribution in [2.75, 3.05) is 6.61 Å². The number of rotatable bonds is 7. The first-order chi connectivity index (χ1) is 13.1. The molecule has 1 fully saturated rings. The molecule has 4 rings (SSSR count). The van der Waals surface area contributed by atoms with E-state index in [1.165, 1.54) is 11.6 Å². The van der Waals surface area contributed by atoms with E-state index in [0.717, 1.165) is 23.4 Å². The number of hydrogen-bond acceptors (Lipinski definition) is 2. The average molecular weight is 383 g/mol. The molecule has 4 heteroatoms. The van der Waals surface area contributed by atoms with Gasteiger partial charge in [-0.15, -0.1) is 0 Å². The second-order valence-electron chi connectivity index (χ2n) is 6.96. The standard InChI is InChI=1S/C23H20ClFO2/c24-19-9-7-18(8-10-19)23(12-13-23)16-26-15-17-6-11-21(25)22(14-17)27-20-4-2-1-3-5-20/h1-11,14H,12-13,15-16H2. The lowest BCUT2D eigenvalue weighted by molar-refractivity contribution is 0.100. The van der Waals surface area contributed by atoms with Crippen molar-refractivity contribution in [2.45, 2.75) is 24.9 Å². The van der Waals surface area contributed by atoms with Gasteiger partial charge in [0, 0.05) is 10.4 Å². The predicted octanol–water partition coefficient (Wildman–Crippen LogP) is 6.52. The minimum atomic E-state index is -0.387. The Hall–Kier alpha value is -2.36. The summed E-state index contributed by atoms with van der Waals surface area (Å²) in [6.45, 7) is 1.06. The summed E-state index contributed by atoms with van der Waals surface area (Å²) < 4.78 is 25.7. The SMILES string of the molecule is Fc1ccc(COCC2(c3ccc(Cl)cc3)CC2)cc1Oc1ccccc1.